The summed E-state index contributed by atoms with van der Waals surface area (Å²) < 4.78 is 5.22. The smallest absolute Gasteiger partial charge is 0.329 e. The number of anilines is 1. The van der Waals surface area contributed by atoms with Crippen LogP contribution in [0, 0.1) is 0 Å². The average molecular weight is 370 g/mol. The zero-order valence-corrected chi connectivity index (χ0v) is 15.8. The lowest BCUT2D eigenvalue weighted by Gasteiger charge is -2.36. The predicted molar refractivity (Wildman–Crippen MR) is 112 cm³/mol. The number of ether oxygens (including phenoxy) is 1. The van der Waals surface area contributed by atoms with Crippen molar-refractivity contribution in [3.8, 4) is 5.75 Å². The third kappa shape index (κ3) is 3.62. The first kappa shape index (κ1) is 17.9. The van der Waals surface area contributed by atoms with Crippen molar-refractivity contribution in [2.45, 2.75) is 6.54 Å². The maximum absolute atomic E-state index is 13.4. The Morgan fingerprint density at radius 2 is 1.50 bits per heavy atom. The molecule has 1 aliphatic heterocycles. The van der Waals surface area contributed by atoms with Gasteiger partial charge in [0.1, 0.15) is 5.75 Å². The summed E-state index contributed by atoms with van der Waals surface area (Å²) >= 11 is 0. The van der Waals surface area contributed by atoms with Gasteiger partial charge in [0.15, 0.2) is 0 Å². The summed E-state index contributed by atoms with van der Waals surface area (Å²) in [6.45, 7) is 1.11. The van der Waals surface area contributed by atoms with Crippen molar-refractivity contribution < 1.29 is 9.53 Å². The lowest BCUT2D eigenvalue weighted by atomic mass is 10.1. The van der Waals surface area contributed by atoms with Gasteiger partial charge in [-0.2, -0.15) is 0 Å². The summed E-state index contributed by atoms with van der Waals surface area (Å²) in [4.78, 5) is 17.1. The van der Waals surface area contributed by atoms with E-state index in [4.69, 9.17) is 4.74 Å². The van der Waals surface area contributed by atoms with Crippen LogP contribution in [0.15, 0.2) is 91.0 Å². The van der Waals surface area contributed by atoms with Crippen LogP contribution >= 0.6 is 0 Å². The molecule has 0 spiro atoms. The van der Waals surface area contributed by atoms with Gasteiger partial charge in [0.2, 0.25) is 0 Å². The van der Waals surface area contributed by atoms with Gasteiger partial charge in [-0.05, 0) is 41.5 Å². The molecule has 0 radical (unpaired) electrons. The van der Waals surface area contributed by atoms with Gasteiger partial charge in [-0.1, -0.05) is 60.7 Å². The van der Waals surface area contributed by atoms with E-state index in [0.29, 0.717) is 13.1 Å². The maximum atomic E-state index is 13.4. The molecular formula is C24H22N2O2. The van der Waals surface area contributed by atoms with Crippen LogP contribution in [0.25, 0.3) is 5.70 Å². The number of nitrogens with zero attached hydrogens (tertiary/aromatic N) is 2. The molecule has 0 aliphatic carbocycles. The fourth-order valence-electron chi connectivity index (χ4n) is 3.38. The van der Waals surface area contributed by atoms with Gasteiger partial charge in [-0.15, -0.1) is 0 Å². The Morgan fingerprint density at radius 3 is 2.14 bits per heavy atom. The van der Waals surface area contributed by atoms with Gasteiger partial charge < -0.3 is 9.64 Å². The molecule has 1 aliphatic rings. The van der Waals surface area contributed by atoms with Crippen molar-refractivity contribution in [3.63, 3.8) is 0 Å². The predicted octanol–water partition coefficient (Wildman–Crippen LogP) is 5.18. The second-order valence-electron chi connectivity index (χ2n) is 6.64. The lowest BCUT2D eigenvalue weighted by Crippen LogP contribution is -2.45. The van der Waals surface area contributed by atoms with Crippen LogP contribution in [0.3, 0.4) is 0 Å². The van der Waals surface area contributed by atoms with E-state index in [1.54, 1.807) is 12.0 Å². The Balaban J connectivity index is 1.66. The number of hydrogen-bond donors (Lipinski definition) is 0. The summed E-state index contributed by atoms with van der Waals surface area (Å²) in [7, 11) is 1.65. The molecular weight excluding hydrogens is 348 g/mol. The Bertz CT molecular complexity index is 967. The van der Waals surface area contributed by atoms with Crippen molar-refractivity contribution in [2.75, 3.05) is 18.6 Å². The van der Waals surface area contributed by atoms with Gasteiger partial charge in [0.05, 0.1) is 18.5 Å². The van der Waals surface area contributed by atoms with E-state index >= 15 is 0 Å². The third-order valence-corrected chi connectivity index (χ3v) is 4.82. The van der Waals surface area contributed by atoms with Gasteiger partial charge in [0.25, 0.3) is 0 Å². The summed E-state index contributed by atoms with van der Waals surface area (Å²) in [6.07, 6.45) is 2.12. The first-order valence-electron chi connectivity index (χ1n) is 9.29. The number of carbonyl (C=O) groups is 1. The third-order valence-electron chi connectivity index (χ3n) is 4.82. The van der Waals surface area contributed by atoms with E-state index in [-0.39, 0.29) is 6.03 Å². The fourth-order valence-corrected chi connectivity index (χ4v) is 3.38. The highest BCUT2D eigenvalue weighted by Crippen LogP contribution is 2.31. The zero-order valence-electron chi connectivity index (χ0n) is 15.8. The maximum Gasteiger partial charge on any atom is 0.329 e. The molecule has 0 aromatic heterocycles. The van der Waals surface area contributed by atoms with Crippen molar-refractivity contribution in [1.82, 2.24) is 4.90 Å². The molecule has 0 atom stereocenters. The van der Waals surface area contributed by atoms with Gasteiger partial charge in [-0.25, -0.2) is 4.79 Å². The number of amides is 2. The number of methoxy groups -OCH3 is 1. The van der Waals surface area contributed by atoms with Crippen LogP contribution in [-0.4, -0.2) is 24.6 Å². The molecule has 3 aromatic rings. The minimum Gasteiger partial charge on any atom is -0.497 e. The average Bonchev–Trinajstić information content (AvgIpc) is 2.76. The second-order valence-corrected chi connectivity index (χ2v) is 6.64. The molecule has 4 heteroatoms. The minimum atomic E-state index is -0.0247. The molecule has 4 nitrogen and oxygen atoms in total. The van der Waals surface area contributed by atoms with Crippen LogP contribution in [0.2, 0.25) is 0 Å². The van der Waals surface area contributed by atoms with E-state index in [1.807, 2.05) is 89.8 Å². The summed E-state index contributed by atoms with van der Waals surface area (Å²) in [5, 5.41) is 0. The van der Waals surface area contributed by atoms with Crippen LogP contribution in [0.5, 0.6) is 5.75 Å². The molecule has 3 aromatic carbocycles. The van der Waals surface area contributed by atoms with Crippen molar-refractivity contribution in [3.05, 3.63) is 102 Å². The van der Waals surface area contributed by atoms with Crippen LogP contribution in [-0.2, 0) is 6.54 Å². The first-order valence-corrected chi connectivity index (χ1v) is 9.29. The van der Waals surface area contributed by atoms with E-state index in [2.05, 4.69) is 6.08 Å². The SMILES string of the molecule is COc1ccc(CN2CC=C(c3ccccc3)N(c3ccccc3)C2=O)cc1. The number of urea groups is 1. The Hall–Kier alpha value is -3.53. The molecule has 140 valence electrons. The molecule has 28 heavy (non-hydrogen) atoms. The minimum absolute atomic E-state index is 0.0247. The quantitative estimate of drug-likeness (QED) is 0.620. The molecule has 0 saturated carbocycles. The Labute approximate surface area is 165 Å². The van der Waals surface area contributed by atoms with Gasteiger partial charge in [-0.3, -0.25) is 4.90 Å². The fraction of sp³-hybridized carbons (Fsp3) is 0.125. The number of rotatable bonds is 5. The van der Waals surface area contributed by atoms with Crippen LogP contribution < -0.4 is 9.64 Å². The highest BCUT2D eigenvalue weighted by atomic mass is 16.5. The largest absolute Gasteiger partial charge is 0.497 e. The molecule has 2 amide bonds. The molecule has 0 fully saturated rings. The van der Waals surface area contributed by atoms with Crippen LogP contribution in [0.1, 0.15) is 11.1 Å². The lowest BCUT2D eigenvalue weighted by molar-refractivity contribution is 0.208. The highest BCUT2D eigenvalue weighted by Gasteiger charge is 2.29. The second kappa shape index (κ2) is 8.01. The van der Waals surface area contributed by atoms with E-state index in [9.17, 15) is 4.79 Å². The number of para-hydroxylation sites is 1. The summed E-state index contributed by atoms with van der Waals surface area (Å²) in [5.74, 6) is 0.811. The molecule has 1 heterocycles. The molecule has 0 unspecified atom stereocenters. The van der Waals surface area contributed by atoms with Gasteiger partial charge in [0, 0.05) is 13.1 Å². The van der Waals surface area contributed by atoms with Crippen LogP contribution in [0.4, 0.5) is 10.5 Å². The molecule has 0 saturated heterocycles. The van der Waals surface area contributed by atoms with E-state index in [1.165, 1.54) is 0 Å². The standard InChI is InChI=1S/C24H22N2O2/c1-28-22-14-12-19(13-15-22)18-25-17-16-23(20-8-4-2-5-9-20)26(24(25)27)21-10-6-3-7-11-21/h2-16H,17-18H2,1H3. The van der Waals surface area contributed by atoms with E-state index in [0.717, 1.165) is 28.3 Å². The number of benzene rings is 3. The van der Waals surface area contributed by atoms with Crippen molar-refractivity contribution in [1.29, 1.82) is 0 Å². The van der Waals surface area contributed by atoms with Gasteiger partial charge >= 0.3 is 6.03 Å². The van der Waals surface area contributed by atoms with Crippen molar-refractivity contribution >= 4 is 17.4 Å². The Kier molecular flexibility index (Phi) is 5.11. The normalized spacial score (nSPS) is 14.0. The Morgan fingerprint density at radius 1 is 0.857 bits per heavy atom. The topological polar surface area (TPSA) is 32.8 Å². The highest BCUT2D eigenvalue weighted by molar-refractivity contribution is 6.06. The molecule has 0 N–H and O–H groups in total. The number of hydrogen-bond acceptors (Lipinski definition) is 2. The number of carbonyl (C=O) groups excluding carboxylic acids is 1. The molecule has 0 bridgehead atoms. The van der Waals surface area contributed by atoms with Crippen molar-refractivity contribution in [2.24, 2.45) is 0 Å². The molecule has 4 rings (SSSR count). The summed E-state index contributed by atoms with van der Waals surface area (Å²) in [6, 6.07) is 27.6. The zero-order chi connectivity index (χ0) is 19.3. The van der Waals surface area contributed by atoms with E-state index < -0.39 is 0 Å². The first-order chi connectivity index (χ1) is 13.8. The monoisotopic (exact) mass is 370 g/mol. The summed E-state index contributed by atoms with van der Waals surface area (Å²) in [5.41, 5.74) is 3.88.